The fraction of sp³-hybridized carbons (Fsp3) is 0.190. The van der Waals surface area contributed by atoms with Gasteiger partial charge in [-0.05, 0) is 36.8 Å². The number of rotatable bonds is 6. The van der Waals surface area contributed by atoms with E-state index in [1.807, 2.05) is 62.4 Å². The van der Waals surface area contributed by atoms with Gasteiger partial charge in [0.2, 0.25) is 10.0 Å². The maximum Gasteiger partial charge on any atom is 0.241 e. The summed E-state index contributed by atoms with van der Waals surface area (Å²) in [5.74, 6) is -0.126. The fourth-order valence-corrected chi connectivity index (χ4v) is 4.19. The Hall–Kier alpha value is -2.50. The molecule has 1 N–H and O–H groups in total. The van der Waals surface area contributed by atoms with Crippen LogP contribution in [-0.2, 0) is 10.0 Å². The van der Waals surface area contributed by atoms with Crippen molar-refractivity contribution in [3.63, 3.8) is 0 Å². The van der Waals surface area contributed by atoms with Crippen molar-refractivity contribution in [1.82, 2.24) is 9.71 Å². The molecule has 1 aromatic heterocycles. The van der Waals surface area contributed by atoms with Gasteiger partial charge in [-0.1, -0.05) is 61.0 Å². The van der Waals surface area contributed by atoms with Gasteiger partial charge in [-0.25, -0.2) is 13.1 Å². The van der Waals surface area contributed by atoms with Crippen LogP contribution >= 0.6 is 0 Å². The predicted octanol–water partition coefficient (Wildman–Crippen LogP) is 4.21. The van der Waals surface area contributed by atoms with Crippen LogP contribution in [0.2, 0.25) is 0 Å². The second-order valence-electron chi connectivity index (χ2n) is 6.37. The van der Waals surface area contributed by atoms with Crippen molar-refractivity contribution in [2.45, 2.75) is 30.7 Å². The van der Waals surface area contributed by atoms with E-state index in [9.17, 15) is 8.42 Å². The van der Waals surface area contributed by atoms with Gasteiger partial charge in [0.15, 0.2) is 0 Å². The number of aryl methyl sites for hydroxylation is 1. The van der Waals surface area contributed by atoms with Crippen LogP contribution in [0.25, 0.3) is 0 Å². The van der Waals surface area contributed by atoms with Crippen LogP contribution in [0.15, 0.2) is 83.9 Å². The van der Waals surface area contributed by atoms with E-state index in [2.05, 4.69) is 9.71 Å². The molecule has 0 aliphatic rings. The van der Waals surface area contributed by atoms with Crippen LogP contribution in [0.4, 0.5) is 0 Å². The molecule has 2 aromatic carbocycles. The van der Waals surface area contributed by atoms with E-state index in [-0.39, 0.29) is 10.8 Å². The first-order chi connectivity index (χ1) is 12.5. The van der Waals surface area contributed by atoms with Crippen molar-refractivity contribution >= 4 is 10.0 Å². The lowest BCUT2D eigenvalue weighted by Crippen LogP contribution is -2.32. The second kappa shape index (κ2) is 7.81. The van der Waals surface area contributed by atoms with E-state index < -0.39 is 16.1 Å². The number of pyridine rings is 1. The van der Waals surface area contributed by atoms with E-state index in [0.717, 1.165) is 16.8 Å². The van der Waals surface area contributed by atoms with Gasteiger partial charge in [0.05, 0.1) is 10.9 Å². The van der Waals surface area contributed by atoms with E-state index in [1.54, 1.807) is 30.5 Å². The number of benzene rings is 2. The molecule has 134 valence electrons. The monoisotopic (exact) mass is 366 g/mol. The lowest BCUT2D eigenvalue weighted by atomic mass is 9.92. The summed E-state index contributed by atoms with van der Waals surface area (Å²) in [6, 6.07) is 21.7. The summed E-state index contributed by atoms with van der Waals surface area (Å²) in [6.07, 6.45) is 1.72. The number of sulfonamides is 1. The zero-order valence-electron chi connectivity index (χ0n) is 14.8. The van der Waals surface area contributed by atoms with E-state index >= 15 is 0 Å². The Morgan fingerprint density at radius 2 is 1.54 bits per heavy atom. The van der Waals surface area contributed by atoms with Gasteiger partial charge in [0.25, 0.3) is 0 Å². The summed E-state index contributed by atoms with van der Waals surface area (Å²) >= 11 is 0. The molecule has 5 heteroatoms. The van der Waals surface area contributed by atoms with Gasteiger partial charge in [-0.3, -0.25) is 4.98 Å². The third-order valence-electron chi connectivity index (χ3n) is 4.43. The topological polar surface area (TPSA) is 59.1 Å². The first-order valence-corrected chi connectivity index (χ1v) is 10.0. The molecule has 26 heavy (non-hydrogen) atoms. The molecule has 0 fully saturated rings. The molecule has 0 amide bonds. The molecular formula is C21H22N2O2S. The summed E-state index contributed by atoms with van der Waals surface area (Å²) in [5, 5.41) is 0. The van der Waals surface area contributed by atoms with E-state index in [0.29, 0.717) is 0 Å². The molecule has 0 saturated heterocycles. The van der Waals surface area contributed by atoms with Crippen LogP contribution in [0, 0.1) is 6.92 Å². The van der Waals surface area contributed by atoms with Crippen molar-refractivity contribution in [2.75, 3.05) is 0 Å². The Kier molecular flexibility index (Phi) is 5.49. The summed E-state index contributed by atoms with van der Waals surface area (Å²) in [4.78, 5) is 4.67. The fourth-order valence-electron chi connectivity index (χ4n) is 2.89. The van der Waals surface area contributed by atoms with Crippen molar-refractivity contribution in [1.29, 1.82) is 0 Å². The molecule has 0 aliphatic carbocycles. The van der Waals surface area contributed by atoms with Crippen molar-refractivity contribution < 1.29 is 8.42 Å². The van der Waals surface area contributed by atoms with Gasteiger partial charge >= 0.3 is 0 Å². The Bertz CT molecular complexity index is 940. The molecule has 3 rings (SSSR count). The number of hydrogen-bond acceptors (Lipinski definition) is 3. The van der Waals surface area contributed by atoms with Crippen LogP contribution in [0.1, 0.15) is 35.7 Å². The minimum atomic E-state index is -3.66. The largest absolute Gasteiger partial charge is 0.261 e. The zero-order chi connectivity index (χ0) is 18.6. The Morgan fingerprint density at radius 3 is 2.15 bits per heavy atom. The quantitative estimate of drug-likeness (QED) is 0.711. The second-order valence-corrected chi connectivity index (χ2v) is 8.08. The average molecular weight is 366 g/mol. The van der Waals surface area contributed by atoms with Crippen LogP contribution < -0.4 is 4.72 Å². The van der Waals surface area contributed by atoms with Gasteiger partial charge < -0.3 is 0 Å². The average Bonchev–Trinajstić information content (AvgIpc) is 2.67. The normalized spacial score (nSPS) is 13.9. The first-order valence-electron chi connectivity index (χ1n) is 8.52. The maximum absolute atomic E-state index is 12.9. The standard InChI is InChI=1S/C21H22N2O2S/c1-16-11-13-19(14-12-16)26(24,25)23-21(18-8-4-3-5-9-18)17(2)20-10-6-7-15-22-20/h3-15,17,21,23H,1-2H3. The molecule has 0 saturated carbocycles. The van der Waals surface area contributed by atoms with Crippen molar-refractivity contribution in [2.24, 2.45) is 0 Å². The number of aromatic nitrogens is 1. The summed E-state index contributed by atoms with van der Waals surface area (Å²) in [6.45, 7) is 3.91. The smallest absolute Gasteiger partial charge is 0.241 e. The molecular weight excluding hydrogens is 344 g/mol. The minimum Gasteiger partial charge on any atom is -0.261 e. The molecule has 0 radical (unpaired) electrons. The zero-order valence-corrected chi connectivity index (χ0v) is 15.6. The summed E-state index contributed by atoms with van der Waals surface area (Å²) < 4.78 is 28.7. The molecule has 0 aliphatic heterocycles. The molecule has 0 bridgehead atoms. The highest BCUT2D eigenvalue weighted by Crippen LogP contribution is 2.31. The summed E-state index contributed by atoms with van der Waals surface area (Å²) in [5.41, 5.74) is 2.76. The predicted molar refractivity (Wildman–Crippen MR) is 103 cm³/mol. The Morgan fingerprint density at radius 1 is 0.885 bits per heavy atom. The van der Waals surface area contributed by atoms with Gasteiger partial charge in [-0.15, -0.1) is 0 Å². The SMILES string of the molecule is Cc1ccc(S(=O)(=O)NC(c2ccccc2)C(C)c2ccccn2)cc1. The van der Waals surface area contributed by atoms with E-state index in [1.165, 1.54) is 0 Å². The lowest BCUT2D eigenvalue weighted by molar-refractivity contribution is 0.510. The van der Waals surface area contributed by atoms with Gasteiger partial charge in [0.1, 0.15) is 0 Å². The molecule has 1 heterocycles. The van der Waals surface area contributed by atoms with Crippen LogP contribution in [0.5, 0.6) is 0 Å². The third kappa shape index (κ3) is 4.18. The highest BCUT2D eigenvalue weighted by Gasteiger charge is 2.27. The molecule has 2 unspecified atom stereocenters. The third-order valence-corrected chi connectivity index (χ3v) is 5.88. The molecule has 0 spiro atoms. The highest BCUT2D eigenvalue weighted by molar-refractivity contribution is 7.89. The van der Waals surface area contributed by atoms with Gasteiger partial charge in [0, 0.05) is 17.8 Å². The lowest BCUT2D eigenvalue weighted by Gasteiger charge is -2.25. The molecule has 3 aromatic rings. The highest BCUT2D eigenvalue weighted by atomic mass is 32.2. The summed E-state index contributed by atoms with van der Waals surface area (Å²) in [7, 11) is -3.66. The molecule has 2 atom stereocenters. The van der Waals surface area contributed by atoms with Crippen LogP contribution in [0.3, 0.4) is 0 Å². The van der Waals surface area contributed by atoms with Crippen molar-refractivity contribution in [3.05, 3.63) is 95.8 Å². The Labute approximate surface area is 155 Å². The van der Waals surface area contributed by atoms with Crippen LogP contribution in [-0.4, -0.2) is 13.4 Å². The maximum atomic E-state index is 12.9. The minimum absolute atomic E-state index is 0.126. The van der Waals surface area contributed by atoms with E-state index in [4.69, 9.17) is 0 Å². The number of nitrogens with zero attached hydrogens (tertiary/aromatic N) is 1. The van der Waals surface area contributed by atoms with Crippen molar-refractivity contribution in [3.8, 4) is 0 Å². The number of nitrogens with one attached hydrogen (secondary N) is 1. The number of hydrogen-bond donors (Lipinski definition) is 1. The molecule has 4 nitrogen and oxygen atoms in total. The Balaban J connectivity index is 1.97. The van der Waals surface area contributed by atoms with Gasteiger partial charge in [-0.2, -0.15) is 0 Å². The first kappa shape index (κ1) is 18.3.